The Balaban J connectivity index is 3.04. The molecule has 0 amide bonds. The van der Waals surface area contributed by atoms with Crippen molar-refractivity contribution in [2.24, 2.45) is 0 Å². The molecule has 0 fully saturated rings. The molecule has 0 aliphatic carbocycles. The first-order chi connectivity index (χ1) is 8.48. The molecule has 5 nitrogen and oxygen atoms in total. The van der Waals surface area contributed by atoms with Gasteiger partial charge in [0.25, 0.3) is 0 Å². The summed E-state index contributed by atoms with van der Waals surface area (Å²) in [5.74, 6) is -0.119. The van der Waals surface area contributed by atoms with Crippen LogP contribution in [0.15, 0.2) is 18.2 Å². The van der Waals surface area contributed by atoms with Gasteiger partial charge in [0.2, 0.25) is 0 Å². The van der Waals surface area contributed by atoms with Crippen molar-refractivity contribution in [3.05, 3.63) is 23.8 Å². The Hall–Kier alpha value is -1.59. The Bertz CT molecular complexity index is 420. The van der Waals surface area contributed by atoms with Crippen molar-refractivity contribution in [1.29, 1.82) is 0 Å². The molecule has 0 aliphatic rings. The topological polar surface area (TPSA) is 95.6 Å². The summed E-state index contributed by atoms with van der Waals surface area (Å²) in [7, 11) is 0. The molecule has 0 bridgehead atoms. The second kappa shape index (κ2) is 5.84. The molecule has 0 aromatic heterocycles. The van der Waals surface area contributed by atoms with Gasteiger partial charge >= 0.3 is 0 Å². The first kappa shape index (κ1) is 14.5. The quantitative estimate of drug-likeness (QED) is 0.448. The summed E-state index contributed by atoms with van der Waals surface area (Å²) < 4.78 is 0. The Morgan fingerprint density at radius 1 is 1.39 bits per heavy atom. The lowest BCUT2D eigenvalue weighted by atomic mass is 9.97. The zero-order chi connectivity index (χ0) is 13.8. The van der Waals surface area contributed by atoms with Gasteiger partial charge in [0, 0.05) is 16.9 Å². The zero-order valence-electron chi connectivity index (χ0n) is 10.7. The number of ketones is 1. The molecule has 0 saturated carbocycles. The molecule has 5 heteroatoms. The van der Waals surface area contributed by atoms with Crippen LogP contribution in [0.2, 0.25) is 0 Å². The highest BCUT2D eigenvalue weighted by atomic mass is 16.3. The summed E-state index contributed by atoms with van der Waals surface area (Å²) in [5.41, 5.74) is 6.42. The lowest BCUT2D eigenvalue weighted by Gasteiger charge is -2.31. The third kappa shape index (κ3) is 3.00. The van der Waals surface area contributed by atoms with Gasteiger partial charge in [-0.2, -0.15) is 0 Å². The number of aliphatic hydroxyl groups is 2. The van der Waals surface area contributed by atoms with Crippen LogP contribution >= 0.6 is 0 Å². The second-order valence-corrected chi connectivity index (χ2v) is 4.43. The zero-order valence-corrected chi connectivity index (χ0v) is 10.7. The average molecular weight is 252 g/mol. The maximum Gasteiger partial charge on any atom is 0.161 e. The molecule has 0 heterocycles. The summed E-state index contributed by atoms with van der Waals surface area (Å²) in [6.45, 7) is 2.92. The minimum atomic E-state index is -0.788. The van der Waals surface area contributed by atoms with Crippen LogP contribution in [-0.4, -0.2) is 34.7 Å². The molecule has 0 atom stereocenters. The van der Waals surface area contributed by atoms with Gasteiger partial charge in [0.15, 0.2) is 5.78 Å². The van der Waals surface area contributed by atoms with E-state index in [0.29, 0.717) is 23.4 Å². The van der Waals surface area contributed by atoms with Crippen LogP contribution in [0.3, 0.4) is 0 Å². The summed E-state index contributed by atoms with van der Waals surface area (Å²) in [6, 6.07) is 4.99. The number of carbonyl (C=O) groups is 1. The Kier molecular flexibility index (Phi) is 4.69. The van der Waals surface area contributed by atoms with Crippen molar-refractivity contribution in [3.8, 4) is 0 Å². The maximum absolute atomic E-state index is 11.4. The van der Waals surface area contributed by atoms with Gasteiger partial charge in [-0.05, 0) is 31.5 Å². The molecule has 100 valence electrons. The summed E-state index contributed by atoms with van der Waals surface area (Å²) in [5, 5.41) is 21.8. The fraction of sp³-hybridized carbons (Fsp3) is 0.462. The summed E-state index contributed by atoms with van der Waals surface area (Å²) in [4.78, 5) is 11.4. The lowest BCUT2D eigenvalue weighted by Crippen LogP contribution is -2.45. The number of hydrogen-bond acceptors (Lipinski definition) is 5. The van der Waals surface area contributed by atoms with Crippen molar-refractivity contribution in [3.63, 3.8) is 0 Å². The largest absolute Gasteiger partial charge is 0.398 e. The molecule has 0 spiro atoms. The molecule has 0 radical (unpaired) electrons. The van der Waals surface area contributed by atoms with Gasteiger partial charge in [0.1, 0.15) is 0 Å². The van der Waals surface area contributed by atoms with E-state index in [4.69, 9.17) is 5.73 Å². The Morgan fingerprint density at radius 2 is 2.00 bits per heavy atom. The van der Waals surface area contributed by atoms with Crippen LogP contribution in [0.5, 0.6) is 0 Å². The van der Waals surface area contributed by atoms with E-state index in [-0.39, 0.29) is 19.0 Å². The highest BCUT2D eigenvalue weighted by Gasteiger charge is 2.26. The highest BCUT2D eigenvalue weighted by molar-refractivity contribution is 6.00. The number of aliphatic hydroxyl groups excluding tert-OH is 2. The van der Waals surface area contributed by atoms with Gasteiger partial charge in [0.05, 0.1) is 18.8 Å². The predicted molar refractivity (Wildman–Crippen MR) is 71.7 cm³/mol. The standard InChI is InChI=1S/C13H20N2O3/c1-3-13(7-16,8-17)15-10-4-5-12(14)11(6-10)9(2)18/h4-6,15-17H,3,7-8,14H2,1-2H3. The van der Waals surface area contributed by atoms with E-state index in [1.54, 1.807) is 18.2 Å². The van der Waals surface area contributed by atoms with E-state index in [1.807, 2.05) is 6.92 Å². The number of anilines is 2. The van der Waals surface area contributed by atoms with E-state index in [1.165, 1.54) is 6.92 Å². The fourth-order valence-corrected chi connectivity index (χ4v) is 1.69. The van der Waals surface area contributed by atoms with Crippen LogP contribution in [0.25, 0.3) is 0 Å². The molecule has 1 aromatic rings. The van der Waals surface area contributed by atoms with Gasteiger partial charge in [-0.25, -0.2) is 0 Å². The number of benzene rings is 1. The van der Waals surface area contributed by atoms with E-state index >= 15 is 0 Å². The Morgan fingerprint density at radius 3 is 2.44 bits per heavy atom. The number of carbonyl (C=O) groups excluding carboxylic acids is 1. The summed E-state index contributed by atoms with van der Waals surface area (Å²) in [6.07, 6.45) is 0.555. The minimum Gasteiger partial charge on any atom is -0.398 e. The van der Waals surface area contributed by atoms with Gasteiger partial charge in [-0.15, -0.1) is 0 Å². The molecular formula is C13H20N2O3. The van der Waals surface area contributed by atoms with E-state index in [2.05, 4.69) is 5.32 Å². The number of Topliss-reactive ketones (excluding diaryl/α,β-unsaturated/α-hetero) is 1. The van der Waals surface area contributed by atoms with Crippen LogP contribution in [0.4, 0.5) is 11.4 Å². The lowest BCUT2D eigenvalue weighted by molar-refractivity contribution is 0.101. The van der Waals surface area contributed by atoms with Crippen LogP contribution in [0.1, 0.15) is 30.6 Å². The molecule has 18 heavy (non-hydrogen) atoms. The van der Waals surface area contributed by atoms with Crippen LogP contribution < -0.4 is 11.1 Å². The van der Waals surface area contributed by atoms with E-state index < -0.39 is 5.54 Å². The van der Waals surface area contributed by atoms with Crippen molar-refractivity contribution in [1.82, 2.24) is 0 Å². The number of nitrogens with one attached hydrogen (secondary N) is 1. The minimum absolute atomic E-state index is 0.119. The van der Waals surface area contributed by atoms with E-state index in [9.17, 15) is 15.0 Å². The summed E-state index contributed by atoms with van der Waals surface area (Å²) >= 11 is 0. The molecule has 0 unspecified atom stereocenters. The molecule has 1 aromatic carbocycles. The average Bonchev–Trinajstić information content (AvgIpc) is 2.38. The van der Waals surface area contributed by atoms with Crippen molar-refractivity contribution >= 4 is 17.2 Å². The molecule has 0 saturated heterocycles. The van der Waals surface area contributed by atoms with Crippen molar-refractivity contribution in [2.45, 2.75) is 25.8 Å². The molecular weight excluding hydrogens is 232 g/mol. The van der Waals surface area contributed by atoms with E-state index in [0.717, 1.165) is 0 Å². The molecule has 0 aliphatic heterocycles. The van der Waals surface area contributed by atoms with Crippen LogP contribution in [0, 0.1) is 0 Å². The van der Waals surface area contributed by atoms with Crippen molar-refractivity contribution in [2.75, 3.05) is 24.3 Å². The third-order valence-electron chi connectivity index (χ3n) is 3.12. The number of nitrogen functional groups attached to an aromatic ring is 1. The normalized spacial score (nSPS) is 11.3. The van der Waals surface area contributed by atoms with Gasteiger partial charge in [-0.1, -0.05) is 6.92 Å². The number of nitrogens with two attached hydrogens (primary N) is 1. The predicted octanol–water partition coefficient (Wildman–Crippen LogP) is 1.02. The molecule has 1 rings (SSSR count). The number of hydrogen-bond donors (Lipinski definition) is 4. The number of rotatable bonds is 6. The van der Waals surface area contributed by atoms with Crippen molar-refractivity contribution < 1.29 is 15.0 Å². The second-order valence-electron chi connectivity index (χ2n) is 4.43. The van der Waals surface area contributed by atoms with Gasteiger partial charge < -0.3 is 21.3 Å². The first-order valence-corrected chi connectivity index (χ1v) is 5.88. The first-order valence-electron chi connectivity index (χ1n) is 5.88. The van der Waals surface area contributed by atoms with Gasteiger partial charge in [-0.3, -0.25) is 4.79 Å². The van der Waals surface area contributed by atoms with Crippen LogP contribution in [-0.2, 0) is 0 Å². The maximum atomic E-state index is 11.4. The fourth-order valence-electron chi connectivity index (χ4n) is 1.69. The SMILES string of the molecule is CCC(CO)(CO)Nc1ccc(N)c(C(C)=O)c1. The smallest absolute Gasteiger partial charge is 0.161 e. The molecule has 5 N–H and O–H groups in total. The Labute approximate surface area is 107 Å². The monoisotopic (exact) mass is 252 g/mol. The third-order valence-corrected chi connectivity index (χ3v) is 3.12. The highest BCUT2D eigenvalue weighted by Crippen LogP contribution is 2.23.